The number of hydrogen-bond donors (Lipinski definition) is 0. The number of hydrogen-bond acceptors (Lipinski definition) is 5. The van der Waals surface area contributed by atoms with Gasteiger partial charge in [0.1, 0.15) is 9.85 Å². The third-order valence-corrected chi connectivity index (χ3v) is 4.73. The Morgan fingerprint density at radius 1 is 1.24 bits per heavy atom. The Labute approximate surface area is 97.4 Å². The van der Waals surface area contributed by atoms with Gasteiger partial charge >= 0.3 is 5.66 Å². The monoisotopic (exact) mass is 242 g/mol. The zero-order valence-electron chi connectivity index (χ0n) is 9.44. The van der Waals surface area contributed by atoms with Gasteiger partial charge in [-0.25, -0.2) is 0 Å². The molecule has 7 nitrogen and oxygen atoms in total. The van der Waals surface area contributed by atoms with Crippen molar-refractivity contribution in [3.05, 3.63) is 20.2 Å². The fourth-order valence-corrected chi connectivity index (χ4v) is 3.68. The fourth-order valence-electron chi connectivity index (χ4n) is 3.68. The number of nitro groups is 2. The van der Waals surface area contributed by atoms with Crippen molar-refractivity contribution in [1.82, 2.24) is 0 Å². The van der Waals surface area contributed by atoms with Crippen molar-refractivity contribution in [2.24, 2.45) is 23.7 Å². The standard InChI is InChI=1S/C10H14N2O5/c1-10(11(13)14,12(15)16)4-17-9-5-2-6-7(3-5)8(6)9/h5-9H,2-4H2,1H3/t5?,6-,7?,8?,9+/m0/s1. The van der Waals surface area contributed by atoms with Gasteiger partial charge in [0, 0.05) is 0 Å². The smallest absolute Gasteiger partial charge is 0.362 e. The topological polar surface area (TPSA) is 95.5 Å². The van der Waals surface area contributed by atoms with Crippen LogP contribution in [0.4, 0.5) is 0 Å². The van der Waals surface area contributed by atoms with E-state index in [0.29, 0.717) is 11.8 Å². The third-order valence-electron chi connectivity index (χ3n) is 4.73. The van der Waals surface area contributed by atoms with Crippen molar-refractivity contribution in [2.45, 2.75) is 31.5 Å². The average Bonchev–Trinajstić information content (AvgIpc) is 2.69. The summed E-state index contributed by atoms with van der Waals surface area (Å²) in [5.41, 5.74) is -2.21. The van der Waals surface area contributed by atoms with E-state index < -0.39 is 22.1 Å². The molecule has 0 radical (unpaired) electrons. The summed E-state index contributed by atoms with van der Waals surface area (Å²) >= 11 is 0. The van der Waals surface area contributed by atoms with Gasteiger partial charge in [-0.2, -0.15) is 0 Å². The summed E-state index contributed by atoms with van der Waals surface area (Å²) in [6, 6.07) is 0. The van der Waals surface area contributed by atoms with E-state index >= 15 is 0 Å². The zero-order valence-corrected chi connectivity index (χ0v) is 9.44. The maximum Gasteiger partial charge on any atom is 0.478 e. The zero-order chi connectivity index (χ0) is 12.4. The van der Waals surface area contributed by atoms with Crippen LogP contribution in [0.1, 0.15) is 19.8 Å². The van der Waals surface area contributed by atoms with Gasteiger partial charge in [0.05, 0.1) is 13.0 Å². The lowest BCUT2D eigenvalue weighted by Crippen LogP contribution is -2.48. The molecule has 4 aliphatic carbocycles. The van der Waals surface area contributed by atoms with Crippen LogP contribution in [0.5, 0.6) is 0 Å². The van der Waals surface area contributed by atoms with E-state index in [2.05, 4.69) is 0 Å². The summed E-state index contributed by atoms with van der Waals surface area (Å²) in [6.45, 7) is 0.584. The van der Waals surface area contributed by atoms with Crippen molar-refractivity contribution in [3.8, 4) is 0 Å². The molecule has 0 aromatic rings. The lowest BCUT2D eigenvalue weighted by Gasteiger charge is -2.18. The number of ether oxygens (including phenoxy) is 1. The van der Waals surface area contributed by atoms with Crippen LogP contribution in [0.25, 0.3) is 0 Å². The molecule has 4 saturated carbocycles. The maximum atomic E-state index is 10.7. The first-order valence-electron chi connectivity index (χ1n) is 5.86. The molecule has 4 rings (SSSR count). The largest absolute Gasteiger partial charge is 0.478 e. The molecular formula is C10H14N2O5. The highest BCUT2D eigenvalue weighted by atomic mass is 16.7. The van der Waals surface area contributed by atoms with Crippen LogP contribution < -0.4 is 0 Å². The van der Waals surface area contributed by atoms with Crippen molar-refractivity contribution in [3.63, 3.8) is 0 Å². The molecule has 0 N–H and O–H groups in total. The van der Waals surface area contributed by atoms with E-state index in [-0.39, 0.29) is 6.10 Å². The van der Waals surface area contributed by atoms with Gasteiger partial charge in [0.2, 0.25) is 0 Å². The molecule has 5 atom stereocenters. The van der Waals surface area contributed by atoms with Gasteiger partial charge in [0.25, 0.3) is 0 Å². The van der Waals surface area contributed by atoms with Crippen LogP contribution >= 0.6 is 0 Å². The van der Waals surface area contributed by atoms with Crippen molar-refractivity contribution in [2.75, 3.05) is 6.61 Å². The van der Waals surface area contributed by atoms with Crippen LogP contribution in [0.2, 0.25) is 0 Å². The quantitative estimate of drug-likeness (QED) is 0.406. The lowest BCUT2D eigenvalue weighted by atomic mass is 10.1. The summed E-state index contributed by atoms with van der Waals surface area (Å²) in [7, 11) is 0. The first kappa shape index (κ1) is 10.9. The van der Waals surface area contributed by atoms with Gasteiger partial charge in [-0.05, 0) is 36.5 Å². The van der Waals surface area contributed by atoms with Crippen LogP contribution in [0.15, 0.2) is 0 Å². The molecule has 94 valence electrons. The van der Waals surface area contributed by atoms with Gasteiger partial charge in [-0.15, -0.1) is 0 Å². The summed E-state index contributed by atoms with van der Waals surface area (Å²) in [6.07, 6.45) is 2.32. The molecule has 0 aromatic heterocycles. The molecule has 3 unspecified atom stereocenters. The van der Waals surface area contributed by atoms with Gasteiger partial charge < -0.3 is 4.74 Å². The summed E-state index contributed by atoms with van der Waals surface area (Å²) in [4.78, 5) is 19.7. The second kappa shape index (κ2) is 3.16. The van der Waals surface area contributed by atoms with Crippen LogP contribution in [0, 0.1) is 43.9 Å². The molecule has 0 aromatic carbocycles. The Hall–Kier alpha value is -1.24. The first-order chi connectivity index (χ1) is 7.95. The van der Waals surface area contributed by atoms with Crippen LogP contribution in [-0.4, -0.2) is 28.2 Å². The minimum atomic E-state index is -2.21. The lowest BCUT2D eigenvalue weighted by molar-refractivity contribution is -0.794. The molecule has 0 saturated heterocycles. The number of rotatable bonds is 5. The molecule has 4 bridgehead atoms. The Balaban J connectivity index is 1.64. The van der Waals surface area contributed by atoms with Crippen molar-refractivity contribution in [1.29, 1.82) is 0 Å². The van der Waals surface area contributed by atoms with E-state index in [1.807, 2.05) is 0 Å². The highest BCUT2D eigenvalue weighted by Gasteiger charge is 2.69. The molecule has 0 amide bonds. The summed E-state index contributed by atoms with van der Waals surface area (Å²) in [5.74, 6) is 2.49. The molecular weight excluding hydrogens is 228 g/mol. The van der Waals surface area contributed by atoms with E-state index in [0.717, 1.165) is 31.6 Å². The summed E-state index contributed by atoms with van der Waals surface area (Å²) < 4.78 is 5.52. The van der Waals surface area contributed by atoms with Gasteiger partial charge in [-0.3, -0.25) is 20.2 Å². The maximum absolute atomic E-state index is 10.7. The first-order valence-corrected chi connectivity index (χ1v) is 5.86. The van der Waals surface area contributed by atoms with Crippen molar-refractivity contribution < 1.29 is 14.6 Å². The molecule has 4 aliphatic rings. The summed E-state index contributed by atoms with van der Waals surface area (Å²) in [5, 5.41) is 21.5. The predicted molar refractivity (Wildman–Crippen MR) is 55.3 cm³/mol. The average molecular weight is 242 g/mol. The normalized spacial score (nSPS) is 41.6. The highest BCUT2D eigenvalue weighted by molar-refractivity contribution is 5.17. The molecule has 0 heterocycles. The van der Waals surface area contributed by atoms with Crippen LogP contribution in [0.3, 0.4) is 0 Å². The Bertz CT molecular complexity index is 370. The molecule has 17 heavy (non-hydrogen) atoms. The fraction of sp³-hybridized carbons (Fsp3) is 1.00. The van der Waals surface area contributed by atoms with E-state index in [1.165, 1.54) is 0 Å². The van der Waals surface area contributed by atoms with E-state index in [9.17, 15) is 20.2 Å². The Kier molecular flexibility index (Phi) is 2.02. The Morgan fingerprint density at radius 3 is 2.12 bits per heavy atom. The molecule has 4 fully saturated rings. The second-order valence-electron chi connectivity index (χ2n) is 5.64. The third kappa shape index (κ3) is 1.31. The van der Waals surface area contributed by atoms with Crippen LogP contribution in [-0.2, 0) is 4.74 Å². The van der Waals surface area contributed by atoms with Gasteiger partial charge in [-0.1, -0.05) is 0 Å². The molecule has 7 heteroatoms. The minimum Gasteiger partial charge on any atom is -0.362 e. The number of nitrogens with zero attached hydrogens (tertiary/aromatic N) is 2. The minimum absolute atomic E-state index is 0.0317. The van der Waals surface area contributed by atoms with E-state index in [4.69, 9.17) is 4.74 Å². The SMILES string of the molecule is CC(CO[C@@H]1C2CC3C1[C@H]3C2)([N+](=O)[O-])[N+](=O)[O-]. The highest BCUT2D eigenvalue weighted by Crippen LogP contribution is 2.71. The molecule has 0 spiro atoms. The second-order valence-corrected chi connectivity index (χ2v) is 5.64. The Morgan fingerprint density at radius 2 is 1.76 bits per heavy atom. The molecule has 0 aliphatic heterocycles. The van der Waals surface area contributed by atoms with E-state index in [1.54, 1.807) is 0 Å². The predicted octanol–water partition coefficient (Wildman–Crippen LogP) is 0.927. The van der Waals surface area contributed by atoms with Crippen molar-refractivity contribution >= 4 is 0 Å². The van der Waals surface area contributed by atoms with Gasteiger partial charge in [0.15, 0.2) is 6.61 Å².